The average Bonchev–Trinajstić information content (AvgIpc) is 2.84. The van der Waals surface area contributed by atoms with Gasteiger partial charge in [-0.05, 0) is 33.6 Å². The lowest BCUT2D eigenvalue weighted by Gasteiger charge is -2.29. The smallest absolute Gasteiger partial charge is 0.411 e. The SMILES string of the molecule is CC(C)(C)OC(=O)CN(C[C@@H]1CCCN1C(=O)O)C(=O)OCCl. The molecule has 0 saturated carbocycles. The lowest BCUT2D eigenvalue weighted by atomic mass is 10.2. The minimum Gasteiger partial charge on any atom is -0.465 e. The molecule has 1 N–H and O–H groups in total. The van der Waals surface area contributed by atoms with Gasteiger partial charge in [-0.1, -0.05) is 11.6 Å². The first-order chi connectivity index (χ1) is 10.6. The first-order valence-corrected chi connectivity index (χ1v) is 7.86. The van der Waals surface area contributed by atoms with E-state index in [2.05, 4.69) is 0 Å². The lowest BCUT2D eigenvalue weighted by Crippen LogP contribution is -2.47. The van der Waals surface area contributed by atoms with Gasteiger partial charge in [0, 0.05) is 13.1 Å². The molecular formula is C14H23ClN2O6. The zero-order chi connectivity index (χ0) is 17.6. The van der Waals surface area contributed by atoms with Crippen LogP contribution in [0.5, 0.6) is 0 Å². The summed E-state index contributed by atoms with van der Waals surface area (Å²) in [6.45, 7) is 5.30. The van der Waals surface area contributed by atoms with Crippen LogP contribution >= 0.6 is 11.6 Å². The number of ether oxygens (including phenoxy) is 2. The van der Waals surface area contributed by atoms with Crippen LogP contribution in [0, 0.1) is 0 Å². The van der Waals surface area contributed by atoms with Crippen molar-refractivity contribution >= 4 is 29.8 Å². The van der Waals surface area contributed by atoms with E-state index in [0.29, 0.717) is 19.4 Å². The molecule has 1 saturated heterocycles. The Kier molecular flexibility index (Phi) is 6.93. The number of carbonyl (C=O) groups is 3. The Bertz CT molecular complexity index is 451. The van der Waals surface area contributed by atoms with E-state index < -0.39 is 23.8 Å². The average molecular weight is 351 g/mol. The van der Waals surface area contributed by atoms with E-state index in [0.717, 1.165) is 4.90 Å². The molecule has 0 bridgehead atoms. The fourth-order valence-electron chi connectivity index (χ4n) is 2.40. The molecule has 1 aliphatic rings. The summed E-state index contributed by atoms with van der Waals surface area (Å²) in [5.41, 5.74) is -0.681. The van der Waals surface area contributed by atoms with Gasteiger partial charge in [0.1, 0.15) is 12.1 Å². The molecule has 1 rings (SSSR count). The van der Waals surface area contributed by atoms with Crippen LogP contribution in [0.3, 0.4) is 0 Å². The van der Waals surface area contributed by atoms with Crippen molar-refractivity contribution in [3.05, 3.63) is 0 Å². The molecule has 1 fully saturated rings. The van der Waals surface area contributed by atoms with Crippen LogP contribution in [0.15, 0.2) is 0 Å². The van der Waals surface area contributed by atoms with E-state index >= 15 is 0 Å². The second-order valence-electron chi connectivity index (χ2n) is 6.26. The third-order valence-corrected chi connectivity index (χ3v) is 3.34. The lowest BCUT2D eigenvalue weighted by molar-refractivity contribution is -0.155. The molecule has 0 aromatic rings. The summed E-state index contributed by atoms with van der Waals surface area (Å²) in [5.74, 6) is -0.594. The molecule has 0 unspecified atom stereocenters. The Morgan fingerprint density at radius 2 is 2.00 bits per heavy atom. The number of halogens is 1. The first kappa shape index (κ1) is 19.3. The molecule has 1 heterocycles. The van der Waals surface area contributed by atoms with Crippen LogP contribution in [0.1, 0.15) is 33.6 Å². The third-order valence-electron chi connectivity index (χ3n) is 3.23. The fraction of sp³-hybridized carbons (Fsp3) is 0.786. The van der Waals surface area contributed by atoms with Crippen molar-refractivity contribution in [2.45, 2.75) is 45.3 Å². The predicted octanol–water partition coefficient (Wildman–Crippen LogP) is 2.11. The first-order valence-electron chi connectivity index (χ1n) is 7.33. The van der Waals surface area contributed by atoms with Crippen molar-refractivity contribution in [1.29, 1.82) is 0 Å². The number of rotatable bonds is 5. The molecule has 9 heteroatoms. The molecular weight excluding hydrogens is 328 g/mol. The van der Waals surface area contributed by atoms with Crippen LogP contribution in [0.2, 0.25) is 0 Å². The third kappa shape index (κ3) is 6.52. The number of amides is 2. The molecule has 0 radical (unpaired) electrons. The number of carboxylic acid groups (broad SMARTS) is 1. The van der Waals surface area contributed by atoms with Crippen LogP contribution in [0.4, 0.5) is 9.59 Å². The molecule has 0 spiro atoms. The maximum absolute atomic E-state index is 12.0. The zero-order valence-corrected chi connectivity index (χ0v) is 14.3. The number of hydrogen-bond acceptors (Lipinski definition) is 5. The van der Waals surface area contributed by atoms with Crippen molar-refractivity contribution in [3.63, 3.8) is 0 Å². The van der Waals surface area contributed by atoms with Gasteiger partial charge in [0.15, 0.2) is 6.07 Å². The summed E-state index contributed by atoms with van der Waals surface area (Å²) in [4.78, 5) is 37.5. The number of nitrogens with zero attached hydrogens (tertiary/aromatic N) is 2. The van der Waals surface area contributed by atoms with E-state index in [1.165, 1.54) is 4.90 Å². The van der Waals surface area contributed by atoms with Gasteiger partial charge in [-0.15, -0.1) is 0 Å². The van der Waals surface area contributed by atoms with Gasteiger partial charge in [0.25, 0.3) is 0 Å². The van der Waals surface area contributed by atoms with E-state index in [1.54, 1.807) is 20.8 Å². The van der Waals surface area contributed by atoms with Crippen LogP contribution in [0.25, 0.3) is 0 Å². The largest absolute Gasteiger partial charge is 0.465 e. The molecule has 23 heavy (non-hydrogen) atoms. The van der Waals surface area contributed by atoms with Gasteiger partial charge in [0.2, 0.25) is 0 Å². The monoisotopic (exact) mass is 350 g/mol. The Morgan fingerprint density at radius 1 is 1.35 bits per heavy atom. The van der Waals surface area contributed by atoms with Crippen LogP contribution in [-0.2, 0) is 14.3 Å². The van der Waals surface area contributed by atoms with Gasteiger partial charge in [0.05, 0.1) is 6.04 Å². The molecule has 8 nitrogen and oxygen atoms in total. The Hall–Kier alpha value is -1.70. The summed E-state index contributed by atoms with van der Waals surface area (Å²) in [6, 6.07) is -0.727. The highest BCUT2D eigenvalue weighted by atomic mass is 35.5. The summed E-state index contributed by atoms with van der Waals surface area (Å²) in [6.07, 6.45) is -0.494. The minimum absolute atomic E-state index is 0.0568. The van der Waals surface area contributed by atoms with Crippen molar-refractivity contribution in [1.82, 2.24) is 9.80 Å². The highest BCUT2D eigenvalue weighted by Crippen LogP contribution is 2.19. The topological polar surface area (TPSA) is 96.4 Å². The molecule has 2 amide bonds. The fourth-order valence-corrected chi connectivity index (χ4v) is 2.50. The normalized spacial score (nSPS) is 17.7. The van der Waals surface area contributed by atoms with Gasteiger partial charge in [-0.25, -0.2) is 9.59 Å². The van der Waals surface area contributed by atoms with E-state index in [1.807, 2.05) is 0 Å². The maximum atomic E-state index is 12.0. The second kappa shape index (κ2) is 8.24. The highest BCUT2D eigenvalue weighted by Gasteiger charge is 2.33. The molecule has 0 aromatic carbocycles. The maximum Gasteiger partial charge on any atom is 0.411 e. The quantitative estimate of drug-likeness (QED) is 0.602. The standard InChI is InChI=1S/C14H23ClN2O6/c1-14(2,3)23-11(18)8-16(13(21)22-9-15)7-10-5-4-6-17(10)12(19)20/h10H,4-9H2,1-3H3,(H,19,20)/t10-/m0/s1. The molecule has 132 valence electrons. The summed E-state index contributed by atoms with van der Waals surface area (Å²) in [7, 11) is 0. The predicted molar refractivity (Wildman–Crippen MR) is 82.4 cm³/mol. The Balaban J connectivity index is 2.74. The number of alkyl halides is 1. The van der Waals surface area contributed by atoms with E-state index in [-0.39, 0.29) is 25.2 Å². The van der Waals surface area contributed by atoms with Crippen molar-refractivity contribution in [2.24, 2.45) is 0 Å². The zero-order valence-electron chi connectivity index (χ0n) is 13.6. The summed E-state index contributed by atoms with van der Waals surface area (Å²) < 4.78 is 9.90. The van der Waals surface area contributed by atoms with E-state index in [9.17, 15) is 14.4 Å². The van der Waals surface area contributed by atoms with Gasteiger partial charge < -0.3 is 19.5 Å². The van der Waals surface area contributed by atoms with Crippen molar-refractivity contribution in [2.75, 3.05) is 25.7 Å². The Labute approximate surface area is 140 Å². The molecule has 1 atom stereocenters. The van der Waals surface area contributed by atoms with Crippen LogP contribution < -0.4 is 0 Å². The van der Waals surface area contributed by atoms with Crippen LogP contribution in [-0.4, -0.2) is 70.4 Å². The van der Waals surface area contributed by atoms with Gasteiger partial charge >= 0.3 is 18.2 Å². The number of likely N-dealkylation sites (tertiary alicyclic amines) is 1. The van der Waals surface area contributed by atoms with Crippen molar-refractivity contribution < 1.29 is 29.0 Å². The van der Waals surface area contributed by atoms with Gasteiger partial charge in [-0.2, -0.15) is 0 Å². The summed E-state index contributed by atoms with van der Waals surface area (Å²) >= 11 is 5.39. The van der Waals surface area contributed by atoms with Gasteiger partial charge in [-0.3, -0.25) is 9.69 Å². The molecule has 0 aliphatic carbocycles. The second-order valence-corrected chi connectivity index (χ2v) is 6.48. The molecule has 0 aromatic heterocycles. The highest BCUT2D eigenvalue weighted by molar-refractivity contribution is 6.17. The Morgan fingerprint density at radius 3 is 2.52 bits per heavy atom. The minimum atomic E-state index is -1.05. The number of esters is 1. The molecule has 1 aliphatic heterocycles. The number of carbonyl (C=O) groups excluding carboxylic acids is 2. The summed E-state index contributed by atoms with van der Waals surface area (Å²) in [5, 5.41) is 9.15. The van der Waals surface area contributed by atoms with E-state index in [4.69, 9.17) is 26.2 Å². The number of hydrogen-bond donors (Lipinski definition) is 1. The van der Waals surface area contributed by atoms with Crippen molar-refractivity contribution in [3.8, 4) is 0 Å².